The highest BCUT2D eigenvalue weighted by Gasteiger charge is 2.49. The molecule has 228 valence electrons. The third-order valence-electron chi connectivity index (χ3n) is 7.24. The highest BCUT2D eigenvalue weighted by molar-refractivity contribution is 5.90. The summed E-state index contributed by atoms with van der Waals surface area (Å²) >= 11 is 0. The number of rotatable bonds is 8. The molecule has 0 saturated carbocycles. The predicted octanol–water partition coefficient (Wildman–Crippen LogP) is 4.76. The minimum Gasteiger partial charge on any atom is -0.444 e. The summed E-state index contributed by atoms with van der Waals surface area (Å²) < 4.78 is 84.8. The molecule has 0 spiro atoms. The molecule has 2 saturated heterocycles. The van der Waals surface area contributed by atoms with Crippen LogP contribution in [0.25, 0.3) is 0 Å². The molecule has 2 heterocycles. The van der Waals surface area contributed by atoms with E-state index in [0.717, 1.165) is 5.56 Å². The van der Waals surface area contributed by atoms with Gasteiger partial charge < -0.3 is 20.3 Å². The third-order valence-corrected chi connectivity index (χ3v) is 7.24. The van der Waals surface area contributed by atoms with E-state index in [1.165, 1.54) is 14.7 Å². The maximum Gasteiger partial charge on any atom is 0.416 e. The molecule has 0 aliphatic carbocycles. The van der Waals surface area contributed by atoms with E-state index in [1.54, 1.807) is 12.1 Å². The molecule has 8 nitrogen and oxygen atoms in total. The van der Waals surface area contributed by atoms with E-state index in [0.29, 0.717) is 37.9 Å². The minimum absolute atomic E-state index is 0.00931. The summed E-state index contributed by atoms with van der Waals surface area (Å²) in [7, 11) is 0. The molecule has 0 aromatic heterocycles. The molecule has 42 heavy (non-hydrogen) atoms. The zero-order chi connectivity index (χ0) is 30.7. The predicted molar refractivity (Wildman–Crippen MR) is 137 cm³/mol. The molecule has 2 aliphatic heterocycles. The van der Waals surface area contributed by atoms with Gasteiger partial charge >= 0.3 is 18.4 Å². The molecule has 0 bridgehead atoms. The Bertz CT molecular complexity index is 1260. The van der Waals surface area contributed by atoms with Gasteiger partial charge in [-0.3, -0.25) is 14.5 Å². The van der Waals surface area contributed by atoms with E-state index in [2.05, 4.69) is 0 Å². The van der Waals surface area contributed by atoms with Gasteiger partial charge in [-0.05, 0) is 55.1 Å². The number of fused-ring (bicyclic) bond motifs is 1. The van der Waals surface area contributed by atoms with Gasteiger partial charge in [0.25, 0.3) is 0 Å². The largest absolute Gasteiger partial charge is 0.444 e. The van der Waals surface area contributed by atoms with Crippen LogP contribution in [-0.2, 0) is 39.8 Å². The Morgan fingerprint density at radius 2 is 1.57 bits per heavy atom. The number of piperazine rings is 1. The molecule has 2 aromatic carbocycles. The van der Waals surface area contributed by atoms with Crippen molar-refractivity contribution < 1.29 is 45.5 Å². The molecule has 2 N–H and O–H groups in total. The Labute approximate surface area is 238 Å². The number of nitrogens with two attached hydrogens (primary N) is 1. The van der Waals surface area contributed by atoms with Crippen molar-refractivity contribution in [3.8, 4) is 0 Å². The fourth-order valence-electron chi connectivity index (χ4n) is 5.23. The van der Waals surface area contributed by atoms with Crippen molar-refractivity contribution >= 4 is 17.9 Å². The summed E-state index contributed by atoms with van der Waals surface area (Å²) in [4.78, 5) is 43.8. The lowest BCUT2D eigenvalue weighted by Crippen LogP contribution is -2.71. The number of ether oxygens (including phenoxy) is 1. The molecular weight excluding hydrogens is 570 g/mol. The molecular formula is C28H30F6N4O4. The molecule has 2 atom stereocenters. The fraction of sp³-hybridized carbons (Fsp3) is 0.464. The number of nitrogens with zero attached hydrogens (tertiary/aromatic N) is 3. The Morgan fingerprint density at radius 1 is 0.929 bits per heavy atom. The standard InChI is InChI=1S/C28H30F6N4O4/c29-27(30,31)20-12-19(13-21(14-20)28(32,33)34)17-42-26(41)37-11-9-24(39)38-22(8-4-5-10-35)25(40)36(16-23(37)38)15-18-6-2-1-3-7-18/h1-3,6-7,12-14,22-23H,4-5,8-11,15-17,35H2/t22-,23?/m0/s1. The van der Waals surface area contributed by atoms with E-state index in [4.69, 9.17) is 10.5 Å². The number of carbonyl (C=O) groups is 3. The molecule has 3 amide bonds. The van der Waals surface area contributed by atoms with E-state index < -0.39 is 54.0 Å². The first-order valence-corrected chi connectivity index (χ1v) is 13.3. The van der Waals surface area contributed by atoms with Crippen LogP contribution >= 0.6 is 0 Å². The Balaban J connectivity index is 1.57. The van der Waals surface area contributed by atoms with E-state index in [9.17, 15) is 40.7 Å². The summed E-state index contributed by atoms with van der Waals surface area (Å²) in [6, 6.07) is 9.17. The normalized spacial score (nSPS) is 19.6. The number of carbonyl (C=O) groups excluding carboxylic acids is 3. The monoisotopic (exact) mass is 600 g/mol. The SMILES string of the molecule is NCCCC[C@H]1C(=O)N(Cc2ccccc2)CC2N(C(=O)OCc3cc(C(F)(F)F)cc(C(F)(F)F)c3)CCC(=O)N21. The van der Waals surface area contributed by atoms with Crippen LogP contribution in [0.3, 0.4) is 0 Å². The molecule has 4 rings (SSSR count). The van der Waals surface area contributed by atoms with Gasteiger partial charge in [-0.15, -0.1) is 0 Å². The van der Waals surface area contributed by atoms with E-state index in [1.807, 2.05) is 18.2 Å². The van der Waals surface area contributed by atoms with Crippen LogP contribution in [0.4, 0.5) is 31.1 Å². The van der Waals surface area contributed by atoms with Gasteiger partial charge in [-0.25, -0.2) is 4.79 Å². The fourth-order valence-corrected chi connectivity index (χ4v) is 5.23. The number of alkyl halides is 6. The lowest BCUT2D eigenvalue weighted by Gasteiger charge is -2.52. The number of unbranched alkanes of at least 4 members (excludes halogenated alkanes) is 1. The number of benzene rings is 2. The Kier molecular flexibility index (Phi) is 9.34. The smallest absolute Gasteiger partial charge is 0.416 e. The maximum atomic E-state index is 13.5. The van der Waals surface area contributed by atoms with Crippen LogP contribution in [-0.4, -0.2) is 64.4 Å². The first-order chi connectivity index (χ1) is 19.8. The van der Waals surface area contributed by atoms with Gasteiger partial charge in [-0.1, -0.05) is 30.3 Å². The summed E-state index contributed by atoms with van der Waals surface area (Å²) in [5, 5.41) is 0. The van der Waals surface area contributed by atoms with Gasteiger partial charge in [0.1, 0.15) is 18.8 Å². The molecule has 2 fully saturated rings. The van der Waals surface area contributed by atoms with Crippen molar-refractivity contribution in [3.63, 3.8) is 0 Å². The summed E-state index contributed by atoms with van der Waals surface area (Å²) in [5.41, 5.74) is 2.87. The first kappa shape index (κ1) is 31.1. The van der Waals surface area contributed by atoms with Crippen LogP contribution in [0.2, 0.25) is 0 Å². The van der Waals surface area contributed by atoms with Crippen molar-refractivity contribution in [2.24, 2.45) is 5.73 Å². The number of hydrogen-bond donors (Lipinski definition) is 1. The van der Waals surface area contributed by atoms with Crippen LogP contribution in [0, 0.1) is 0 Å². The van der Waals surface area contributed by atoms with Crippen molar-refractivity contribution in [1.29, 1.82) is 0 Å². The zero-order valence-corrected chi connectivity index (χ0v) is 22.5. The van der Waals surface area contributed by atoms with Crippen molar-refractivity contribution in [2.45, 2.75) is 63.4 Å². The van der Waals surface area contributed by atoms with Gasteiger partial charge in [0.2, 0.25) is 11.8 Å². The second kappa shape index (κ2) is 12.6. The summed E-state index contributed by atoms with van der Waals surface area (Å²) in [6.45, 7) is -0.424. The Morgan fingerprint density at radius 3 is 2.17 bits per heavy atom. The average molecular weight is 601 g/mol. The highest BCUT2D eigenvalue weighted by Crippen LogP contribution is 2.37. The van der Waals surface area contributed by atoms with Crippen LogP contribution in [0.1, 0.15) is 47.9 Å². The van der Waals surface area contributed by atoms with E-state index >= 15 is 0 Å². The van der Waals surface area contributed by atoms with Gasteiger partial charge in [0, 0.05) is 19.5 Å². The second-order valence-corrected chi connectivity index (χ2v) is 10.2. The quantitative estimate of drug-likeness (QED) is 0.348. The van der Waals surface area contributed by atoms with Crippen molar-refractivity contribution in [1.82, 2.24) is 14.7 Å². The molecule has 1 unspecified atom stereocenters. The van der Waals surface area contributed by atoms with Crippen molar-refractivity contribution in [2.75, 3.05) is 19.6 Å². The number of hydrogen-bond acceptors (Lipinski definition) is 5. The lowest BCUT2D eigenvalue weighted by atomic mass is 9.98. The molecule has 14 heteroatoms. The van der Waals surface area contributed by atoms with Gasteiger partial charge in [-0.2, -0.15) is 26.3 Å². The second-order valence-electron chi connectivity index (χ2n) is 10.2. The third kappa shape index (κ3) is 7.15. The number of halogens is 6. The lowest BCUT2D eigenvalue weighted by molar-refractivity contribution is -0.169. The summed E-state index contributed by atoms with van der Waals surface area (Å²) in [5.74, 6) is -0.637. The van der Waals surface area contributed by atoms with Crippen molar-refractivity contribution in [3.05, 3.63) is 70.8 Å². The van der Waals surface area contributed by atoms with Gasteiger partial charge in [0.05, 0.1) is 17.7 Å². The summed E-state index contributed by atoms with van der Waals surface area (Å²) in [6.07, 6.45) is -10.7. The van der Waals surface area contributed by atoms with Crippen LogP contribution < -0.4 is 5.73 Å². The topological polar surface area (TPSA) is 96.2 Å². The Hall–Kier alpha value is -3.81. The maximum absolute atomic E-state index is 13.5. The highest BCUT2D eigenvalue weighted by atomic mass is 19.4. The molecule has 0 radical (unpaired) electrons. The number of amides is 3. The molecule has 2 aromatic rings. The average Bonchev–Trinajstić information content (AvgIpc) is 2.93. The first-order valence-electron chi connectivity index (χ1n) is 13.3. The van der Waals surface area contributed by atoms with Crippen LogP contribution in [0.5, 0.6) is 0 Å². The molecule has 2 aliphatic rings. The van der Waals surface area contributed by atoms with Gasteiger partial charge in [0.15, 0.2) is 0 Å². The zero-order valence-electron chi connectivity index (χ0n) is 22.5. The minimum atomic E-state index is -5.05. The van der Waals surface area contributed by atoms with E-state index in [-0.39, 0.29) is 43.9 Å². The van der Waals surface area contributed by atoms with Crippen LogP contribution in [0.15, 0.2) is 48.5 Å².